The minimum Gasteiger partial charge on any atom is -0.481 e. The number of likely N-dealkylation sites (tertiary alicyclic amines) is 1. The number of hydrogen-bond acceptors (Lipinski definition) is 7. The molecule has 10 nitrogen and oxygen atoms in total. The number of amides is 2. The number of carbonyl (C=O) groups is 3. The molecular weight excluding hydrogens is 430 g/mol. The van der Waals surface area contributed by atoms with E-state index in [0.717, 1.165) is 13.1 Å². The zero-order valence-electron chi connectivity index (χ0n) is 19.4. The van der Waals surface area contributed by atoms with Crippen LogP contribution in [0.3, 0.4) is 0 Å². The Labute approximate surface area is 194 Å². The Balaban J connectivity index is 1.66. The number of aliphatic hydroxyl groups is 1. The zero-order chi connectivity index (χ0) is 24.0. The van der Waals surface area contributed by atoms with Gasteiger partial charge < -0.3 is 29.5 Å². The molecule has 4 fully saturated rings. The van der Waals surface area contributed by atoms with Gasteiger partial charge in [-0.2, -0.15) is 0 Å². The number of nitrogens with zero attached hydrogens (tertiary/aromatic N) is 3. The van der Waals surface area contributed by atoms with Gasteiger partial charge in [0.1, 0.15) is 11.6 Å². The highest BCUT2D eigenvalue weighted by atomic mass is 16.5. The van der Waals surface area contributed by atoms with Gasteiger partial charge in [-0.05, 0) is 26.7 Å². The van der Waals surface area contributed by atoms with Gasteiger partial charge in [0, 0.05) is 32.7 Å². The van der Waals surface area contributed by atoms with Crippen molar-refractivity contribution in [1.29, 1.82) is 0 Å². The van der Waals surface area contributed by atoms with Crippen LogP contribution in [0.15, 0.2) is 12.7 Å². The predicted molar refractivity (Wildman–Crippen MR) is 117 cm³/mol. The minimum absolute atomic E-state index is 0.283. The van der Waals surface area contributed by atoms with Gasteiger partial charge >= 0.3 is 5.97 Å². The lowest BCUT2D eigenvalue weighted by atomic mass is 9.66. The SMILES string of the molecule is C=CCN(CCN1CCOCC1)C(=O)C1N([C@H](C)CO)C(=O)[C@@H]2[C@H](C(=O)O)[C@]3(C)CCC12O3. The van der Waals surface area contributed by atoms with Crippen LogP contribution in [-0.2, 0) is 23.9 Å². The summed E-state index contributed by atoms with van der Waals surface area (Å²) in [6, 6.07) is -1.62. The third-order valence-corrected chi connectivity index (χ3v) is 7.90. The molecule has 0 saturated carbocycles. The lowest BCUT2D eigenvalue weighted by molar-refractivity contribution is -0.158. The molecule has 0 aliphatic carbocycles. The van der Waals surface area contributed by atoms with Crippen LogP contribution in [0, 0.1) is 11.8 Å². The second kappa shape index (κ2) is 8.98. The minimum atomic E-state index is -1.20. The second-order valence-corrected chi connectivity index (χ2v) is 9.87. The highest BCUT2D eigenvalue weighted by molar-refractivity contribution is 5.98. The number of aliphatic hydroxyl groups excluding tert-OH is 1. The van der Waals surface area contributed by atoms with Crippen LogP contribution in [0.25, 0.3) is 0 Å². The summed E-state index contributed by atoms with van der Waals surface area (Å²) in [6.07, 6.45) is 2.55. The van der Waals surface area contributed by atoms with Crippen LogP contribution >= 0.6 is 0 Å². The molecule has 4 rings (SSSR count). The third kappa shape index (κ3) is 3.77. The quantitative estimate of drug-likeness (QED) is 0.440. The van der Waals surface area contributed by atoms with E-state index in [1.54, 1.807) is 24.8 Å². The third-order valence-electron chi connectivity index (χ3n) is 7.90. The molecule has 0 aromatic carbocycles. The smallest absolute Gasteiger partial charge is 0.310 e. The van der Waals surface area contributed by atoms with Gasteiger partial charge in [-0.3, -0.25) is 19.3 Å². The number of carboxylic acids is 1. The number of aliphatic carboxylic acids is 1. The summed E-state index contributed by atoms with van der Waals surface area (Å²) in [5.74, 6) is -3.75. The Kier molecular flexibility index (Phi) is 6.56. The molecule has 184 valence electrons. The Morgan fingerprint density at radius 2 is 2.03 bits per heavy atom. The lowest BCUT2D eigenvalue weighted by Gasteiger charge is -2.39. The van der Waals surface area contributed by atoms with E-state index in [2.05, 4.69) is 11.5 Å². The Morgan fingerprint density at radius 3 is 2.64 bits per heavy atom. The average molecular weight is 466 g/mol. The number of carboxylic acid groups (broad SMARTS) is 1. The first-order valence-corrected chi connectivity index (χ1v) is 11.8. The Bertz CT molecular complexity index is 816. The van der Waals surface area contributed by atoms with E-state index in [1.165, 1.54) is 4.90 Å². The van der Waals surface area contributed by atoms with Crippen molar-refractivity contribution in [3.63, 3.8) is 0 Å². The fourth-order valence-corrected chi connectivity index (χ4v) is 6.29. The standard InChI is InChI=1S/C23H35N3O7/c1-4-7-25(9-8-24-10-12-32-13-11-24)20(29)18-23-6-5-22(3,33-23)17(21(30)31)16(23)19(28)26(18)15(2)14-27/h4,15-18,27H,1,5-14H2,2-3H3,(H,30,31)/t15-,16+,17-,18?,22+,23?/m1/s1. The molecule has 6 atom stereocenters. The summed E-state index contributed by atoms with van der Waals surface area (Å²) >= 11 is 0. The first-order chi connectivity index (χ1) is 15.7. The molecule has 4 heterocycles. The number of rotatable bonds is 9. The molecule has 33 heavy (non-hydrogen) atoms. The zero-order valence-corrected chi connectivity index (χ0v) is 19.4. The summed E-state index contributed by atoms with van der Waals surface area (Å²) in [7, 11) is 0. The maximum atomic E-state index is 14.0. The highest BCUT2D eigenvalue weighted by Crippen LogP contribution is 2.63. The van der Waals surface area contributed by atoms with E-state index < -0.39 is 47.0 Å². The van der Waals surface area contributed by atoms with Crippen LogP contribution in [0.5, 0.6) is 0 Å². The van der Waals surface area contributed by atoms with E-state index in [-0.39, 0.29) is 12.5 Å². The van der Waals surface area contributed by atoms with E-state index >= 15 is 0 Å². The van der Waals surface area contributed by atoms with Crippen molar-refractivity contribution >= 4 is 17.8 Å². The molecule has 4 aliphatic rings. The van der Waals surface area contributed by atoms with Crippen molar-refractivity contribution < 1.29 is 34.1 Å². The van der Waals surface area contributed by atoms with Gasteiger partial charge in [0.15, 0.2) is 0 Å². The van der Waals surface area contributed by atoms with Crippen molar-refractivity contribution in [2.24, 2.45) is 11.8 Å². The highest BCUT2D eigenvalue weighted by Gasteiger charge is 2.78. The molecule has 2 N–H and O–H groups in total. The number of ether oxygens (including phenoxy) is 2. The van der Waals surface area contributed by atoms with E-state index in [0.29, 0.717) is 45.7 Å². The molecule has 0 aromatic rings. The average Bonchev–Trinajstić information content (AvgIpc) is 3.37. The Morgan fingerprint density at radius 1 is 1.33 bits per heavy atom. The summed E-state index contributed by atoms with van der Waals surface area (Å²) in [5, 5.41) is 19.8. The fraction of sp³-hybridized carbons (Fsp3) is 0.783. The first-order valence-electron chi connectivity index (χ1n) is 11.8. The topological polar surface area (TPSA) is 120 Å². The predicted octanol–water partition coefficient (Wildman–Crippen LogP) is -0.437. The number of hydrogen-bond donors (Lipinski definition) is 2. The summed E-state index contributed by atoms with van der Waals surface area (Å²) in [6.45, 7) is 11.2. The molecule has 0 aromatic heterocycles. The van der Waals surface area contributed by atoms with E-state index in [4.69, 9.17) is 9.47 Å². The molecule has 2 amide bonds. The first kappa shape index (κ1) is 24.1. The fourth-order valence-electron chi connectivity index (χ4n) is 6.29. The summed E-state index contributed by atoms with van der Waals surface area (Å²) < 4.78 is 11.8. The molecule has 10 heteroatoms. The van der Waals surface area contributed by atoms with Gasteiger partial charge in [0.25, 0.3) is 0 Å². The largest absolute Gasteiger partial charge is 0.481 e. The number of carbonyl (C=O) groups excluding carboxylic acids is 2. The monoisotopic (exact) mass is 465 g/mol. The van der Waals surface area contributed by atoms with Crippen LogP contribution < -0.4 is 0 Å². The molecule has 2 bridgehead atoms. The van der Waals surface area contributed by atoms with Crippen LogP contribution in [0.2, 0.25) is 0 Å². The van der Waals surface area contributed by atoms with E-state index in [1.807, 2.05) is 0 Å². The Hall–Kier alpha value is -2.01. The van der Waals surface area contributed by atoms with Crippen molar-refractivity contribution in [3.05, 3.63) is 12.7 Å². The summed E-state index contributed by atoms with van der Waals surface area (Å²) in [5.41, 5.74) is -2.19. The molecule has 4 saturated heterocycles. The van der Waals surface area contributed by atoms with Crippen molar-refractivity contribution in [2.45, 2.75) is 50.0 Å². The van der Waals surface area contributed by atoms with Crippen LogP contribution in [0.4, 0.5) is 0 Å². The van der Waals surface area contributed by atoms with Crippen LogP contribution in [-0.4, -0.2) is 119 Å². The molecular formula is C23H35N3O7. The maximum absolute atomic E-state index is 14.0. The van der Waals surface area contributed by atoms with Gasteiger partial charge in [-0.15, -0.1) is 6.58 Å². The van der Waals surface area contributed by atoms with E-state index in [9.17, 15) is 24.6 Å². The van der Waals surface area contributed by atoms with Gasteiger partial charge in [-0.1, -0.05) is 6.08 Å². The van der Waals surface area contributed by atoms with Crippen molar-refractivity contribution in [1.82, 2.24) is 14.7 Å². The lowest BCUT2D eigenvalue weighted by Crippen LogP contribution is -2.59. The van der Waals surface area contributed by atoms with Crippen molar-refractivity contribution in [2.75, 3.05) is 52.5 Å². The molecule has 1 spiro atoms. The van der Waals surface area contributed by atoms with Gasteiger partial charge in [-0.25, -0.2) is 0 Å². The molecule has 0 radical (unpaired) electrons. The van der Waals surface area contributed by atoms with Crippen molar-refractivity contribution in [3.8, 4) is 0 Å². The number of fused-ring (bicyclic) bond motifs is 1. The van der Waals surface area contributed by atoms with Crippen LogP contribution in [0.1, 0.15) is 26.7 Å². The number of morpholine rings is 1. The maximum Gasteiger partial charge on any atom is 0.310 e. The molecule has 4 aliphatic heterocycles. The van der Waals surface area contributed by atoms with Gasteiger partial charge in [0.2, 0.25) is 11.8 Å². The van der Waals surface area contributed by atoms with Gasteiger partial charge in [0.05, 0.1) is 43.3 Å². The second-order valence-electron chi connectivity index (χ2n) is 9.87. The molecule has 2 unspecified atom stereocenters. The normalized spacial score (nSPS) is 36.6. The summed E-state index contributed by atoms with van der Waals surface area (Å²) in [4.78, 5) is 45.1.